The molecule has 3 aliphatic carbocycles. The van der Waals surface area contributed by atoms with Crippen LogP contribution in [0.3, 0.4) is 0 Å². The van der Waals surface area contributed by atoms with Crippen LogP contribution in [0.1, 0.15) is 56.1 Å². The van der Waals surface area contributed by atoms with Crippen LogP contribution in [0.25, 0.3) is 0 Å². The third kappa shape index (κ3) is 2.19. The van der Waals surface area contributed by atoms with E-state index in [0.29, 0.717) is 22.8 Å². The van der Waals surface area contributed by atoms with E-state index < -0.39 is 0 Å². The van der Waals surface area contributed by atoms with E-state index in [-0.39, 0.29) is 11.2 Å². The van der Waals surface area contributed by atoms with Crippen molar-refractivity contribution in [3.05, 3.63) is 40.4 Å². The third-order valence-electron chi connectivity index (χ3n) is 6.99. The Morgan fingerprint density at radius 2 is 2.17 bits per heavy atom. The Labute approximate surface area is 149 Å². The van der Waals surface area contributed by atoms with Crippen LogP contribution < -0.4 is 4.74 Å². The highest BCUT2D eigenvalue weighted by Crippen LogP contribution is 2.59. The minimum absolute atomic E-state index is 0.210. The van der Waals surface area contributed by atoms with Crippen molar-refractivity contribution in [1.82, 2.24) is 0 Å². The van der Waals surface area contributed by atoms with Crippen molar-refractivity contribution >= 4 is 17.4 Å². The van der Waals surface area contributed by atoms with Gasteiger partial charge in [0.1, 0.15) is 5.75 Å². The molecule has 0 spiro atoms. The maximum absolute atomic E-state index is 12.9. The highest BCUT2D eigenvalue weighted by atomic mass is 35.5. The molecule has 4 atom stereocenters. The lowest BCUT2D eigenvalue weighted by Crippen LogP contribution is -2.50. The quantitative estimate of drug-likeness (QED) is 0.733. The normalized spacial score (nSPS) is 34.7. The Morgan fingerprint density at radius 3 is 2.92 bits per heavy atom. The van der Waals surface area contributed by atoms with Crippen molar-refractivity contribution in [3.63, 3.8) is 0 Å². The van der Waals surface area contributed by atoms with Gasteiger partial charge in [-0.1, -0.05) is 30.7 Å². The highest BCUT2D eigenvalue weighted by molar-refractivity contribution is 6.43. The van der Waals surface area contributed by atoms with Crippen LogP contribution in [0.4, 0.5) is 0 Å². The topological polar surface area (TPSA) is 26.3 Å². The van der Waals surface area contributed by atoms with Crippen LogP contribution in [0.15, 0.2) is 29.3 Å². The van der Waals surface area contributed by atoms with Gasteiger partial charge in [0.25, 0.3) is 0 Å². The number of carbonyl (C=O) groups is 1. The zero-order valence-electron chi connectivity index (χ0n) is 14.5. The predicted octanol–water partition coefficient (Wildman–Crippen LogP) is 5.24. The molecule has 0 N–H and O–H groups in total. The molecule has 0 unspecified atom stereocenters. The van der Waals surface area contributed by atoms with Gasteiger partial charge >= 0.3 is 0 Å². The summed E-state index contributed by atoms with van der Waals surface area (Å²) in [6, 6.07) is 6.55. The van der Waals surface area contributed by atoms with E-state index in [1.165, 1.54) is 17.5 Å². The molecule has 24 heavy (non-hydrogen) atoms. The molecule has 1 saturated carbocycles. The first-order chi connectivity index (χ1) is 11.6. The summed E-state index contributed by atoms with van der Waals surface area (Å²) in [5.74, 6) is 2.80. The van der Waals surface area contributed by atoms with Crippen molar-refractivity contribution in [1.29, 1.82) is 0 Å². The number of carbonyl (C=O) groups excluding carboxylic acids is 1. The maximum Gasteiger partial charge on any atom is 0.180 e. The molecule has 3 aliphatic rings. The van der Waals surface area contributed by atoms with Crippen molar-refractivity contribution in [2.45, 2.75) is 51.4 Å². The van der Waals surface area contributed by atoms with Gasteiger partial charge < -0.3 is 4.74 Å². The van der Waals surface area contributed by atoms with Gasteiger partial charge in [0, 0.05) is 5.41 Å². The van der Waals surface area contributed by atoms with Crippen LogP contribution in [-0.2, 0) is 11.2 Å². The van der Waals surface area contributed by atoms with Gasteiger partial charge in [-0.15, -0.1) is 0 Å². The van der Waals surface area contributed by atoms with E-state index in [1.807, 2.05) is 6.08 Å². The molecule has 0 heterocycles. The van der Waals surface area contributed by atoms with Crippen LogP contribution in [0.5, 0.6) is 5.75 Å². The molecule has 2 nitrogen and oxygen atoms in total. The first-order valence-corrected chi connectivity index (χ1v) is 9.55. The second kappa shape index (κ2) is 5.91. The number of allylic oxidation sites excluding steroid dienone is 2. The third-order valence-corrected chi connectivity index (χ3v) is 7.32. The second-order valence-corrected chi connectivity index (χ2v) is 8.05. The fourth-order valence-electron chi connectivity index (χ4n) is 5.74. The van der Waals surface area contributed by atoms with Gasteiger partial charge in [-0.25, -0.2) is 0 Å². The summed E-state index contributed by atoms with van der Waals surface area (Å²) in [6.07, 6.45) is 8.21. The van der Waals surface area contributed by atoms with Gasteiger partial charge in [-0.05, 0) is 79.5 Å². The lowest BCUT2D eigenvalue weighted by atomic mass is 9.50. The first-order valence-electron chi connectivity index (χ1n) is 9.18. The first kappa shape index (κ1) is 16.2. The van der Waals surface area contributed by atoms with Gasteiger partial charge in [-0.2, -0.15) is 0 Å². The molecule has 0 saturated heterocycles. The van der Waals surface area contributed by atoms with Crippen LogP contribution >= 0.6 is 11.6 Å². The Hall–Kier alpha value is -1.28. The standard InChI is InChI=1S/C21H25ClO2/c1-3-21-11-10-16-15-7-5-14(24-2)12-13(15)4-6-17(16)18(21)8-9-19(22)20(21)23/h5,7,9,12,16-18H,3-4,6,8,10-11H2,1-2H3/t16-,17-,18+,21+/m1/s1. The SMILES string of the molecule is CC[C@]12CC[C@@H]3c4ccc(OC)cc4CC[C@H]3[C@@H]1CC=C(Cl)C2=O. The molecule has 1 aromatic rings. The number of hydrogen-bond acceptors (Lipinski definition) is 2. The highest BCUT2D eigenvalue weighted by Gasteiger charge is 2.54. The summed E-state index contributed by atoms with van der Waals surface area (Å²) in [6.45, 7) is 2.17. The molecule has 1 fully saturated rings. The van der Waals surface area contributed by atoms with Crippen LogP contribution in [0.2, 0.25) is 0 Å². The van der Waals surface area contributed by atoms with Crippen molar-refractivity contribution in [3.8, 4) is 5.75 Å². The Morgan fingerprint density at radius 1 is 1.33 bits per heavy atom. The van der Waals surface area contributed by atoms with Crippen LogP contribution in [0, 0.1) is 17.3 Å². The molecule has 128 valence electrons. The predicted molar refractivity (Wildman–Crippen MR) is 96.6 cm³/mol. The minimum Gasteiger partial charge on any atom is -0.497 e. The number of ether oxygens (including phenoxy) is 1. The van der Waals surface area contributed by atoms with E-state index >= 15 is 0 Å². The second-order valence-electron chi connectivity index (χ2n) is 7.65. The Kier molecular flexibility index (Phi) is 3.99. The number of benzene rings is 1. The molecule has 0 bridgehead atoms. The molecule has 1 aromatic carbocycles. The summed E-state index contributed by atoms with van der Waals surface area (Å²) in [4.78, 5) is 12.9. The molecule has 0 amide bonds. The van der Waals surface area contributed by atoms with E-state index in [2.05, 4.69) is 25.1 Å². The van der Waals surface area contributed by atoms with E-state index in [0.717, 1.165) is 37.9 Å². The van der Waals surface area contributed by atoms with Crippen molar-refractivity contribution in [2.75, 3.05) is 7.11 Å². The summed E-state index contributed by atoms with van der Waals surface area (Å²) in [5.41, 5.74) is 2.72. The number of fused-ring (bicyclic) bond motifs is 5. The van der Waals surface area contributed by atoms with E-state index in [4.69, 9.17) is 16.3 Å². The van der Waals surface area contributed by atoms with Crippen molar-refractivity contribution in [2.24, 2.45) is 17.3 Å². The number of aryl methyl sites for hydroxylation is 1. The number of rotatable bonds is 2. The summed E-state index contributed by atoms with van der Waals surface area (Å²) >= 11 is 6.24. The Balaban J connectivity index is 1.72. The number of halogens is 1. The van der Waals surface area contributed by atoms with Crippen LogP contribution in [-0.4, -0.2) is 12.9 Å². The maximum atomic E-state index is 12.9. The molecule has 4 rings (SSSR count). The van der Waals surface area contributed by atoms with Crippen molar-refractivity contribution < 1.29 is 9.53 Å². The lowest BCUT2D eigenvalue weighted by molar-refractivity contribution is -0.134. The molecule has 0 aromatic heterocycles. The smallest absolute Gasteiger partial charge is 0.180 e. The van der Waals surface area contributed by atoms with E-state index in [9.17, 15) is 4.79 Å². The molecule has 0 aliphatic heterocycles. The Bertz CT molecular complexity index is 708. The van der Waals surface area contributed by atoms with Gasteiger partial charge in [0.2, 0.25) is 0 Å². The zero-order chi connectivity index (χ0) is 16.9. The summed E-state index contributed by atoms with van der Waals surface area (Å²) < 4.78 is 5.39. The number of hydrogen-bond donors (Lipinski definition) is 0. The molecular formula is C21H25ClO2. The molecule has 3 heteroatoms. The van der Waals surface area contributed by atoms with Gasteiger partial charge in [0.05, 0.1) is 12.1 Å². The molecule has 0 radical (unpaired) electrons. The number of ketones is 1. The number of methoxy groups -OCH3 is 1. The summed E-state index contributed by atoms with van der Waals surface area (Å²) in [7, 11) is 1.73. The average Bonchev–Trinajstić information content (AvgIpc) is 2.63. The monoisotopic (exact) mass is 344 g/mol. The fourth-order valence-corrected chi connectivity index (χ4v) is 6.02. The summed E-state index contributed by atoms with van der Waals surface area (Å²) in [5, 5.41) is 0.479. The molecular weight excluding hydrogens is 320 g/mol. The minimum atomic E-state index is -0.211. The number of Topliss-reactive ketones (excluding diaryl/α,β-unsaturated/α-hetero) is 1. The largest absolute Gasteiger partial charge is 0.497 e. The fraction of sp³-hybridized carbons (Fsp3) is 0.571. The van der Waals surface area contributed by atoms with Gasteiger partial charge in [0.15, 0.2) is 5.78 Å². The van der Waals surface area contributed by atoms with E-state index in [1.54, 1.807) is 7.11 Å². The lowest BCUT2D eigenvalue weighted by Gasteiger charge is -2.53. The van der Waals surface area contributed by atoms with Gasteiger partial charge in [-0.3, -0.25) is 4.79 Å². The zero-order valence-corrected chi connectivity index (χ0v) is 15.2. The average molecular weight is 345 g/mol.